The van der Waals surface area contributed by atoms with Crippen molar-refractivity contribution < 1.29 is 24.2 Å². The Bertz CT molecular complexity index is 1090. The highest BCUT2D eigenvalue weighted by Crippen LogP contribution is 2.35. The molecule has 2 aliphatic heterocycles. The van der Waals surface area contributed by atoms with Crippen molar-refractivity contribution in [1.82, 2.24) is 4.90 Å². The van der Waals surface area contributed by atoms with Crippen molar-refractivity contribution in [2.24, 2.45) is 11.8 Å². The van der Waals surface area contributed by atoms with Gasteiger partial charge in [0.15, 0.2) is 11.4 Å². The maximum atomic E-state index is 13.6. The van der Waals surface area contributed by atoms with Crippen molar-refractivity contribution in [3.63, 3.8) is 0 Å². The largest absolute Gasteiger partial charge is 0.478 e. The number of aliphatic carboxylic acids is 1. The van der Waals surface area contributed by atoms with Gasteiger partial charge in [0.25, 0.3) is 0 Å². The molecule has 0 aliphatic carbocycles. The Kier molecular flexibility index (Phi) is 8.12. The molecule has 0 amide bonds. The van der Waals surface area contributed by atoms with Gasteiger partial charge in [0, 0.05) is 29.5 Å². The van der Waals surface area contributed by atoms with Gasteiger partial charge in [-0.25, -0.2) is 4.79 Å². The lowest BCUT2D eigenvalue weighted by Crippen LogP contribution is -2.48. The highest BCUT2D eigenvalue weighted by molar-refractivity contribution is 7.98. The molecular formula is C29H37NO5S. The minimum absolute atomic E-state index is 0.0214. The number of hydrogen-bond acceptors (Lipinski definition) is 6. The van der Waals surface area contributed by atoms with E-state index in [1.807, 2.05) is 44.4 Å². The fourth-order valence-electron chi connectivity index (χ4n) is 5.19. The van der Waals surface area contributed by atoms with Crippen molar-refractivity contribution >= 4 is 23.5 Å². The van der Waals surface area contributed by atoms with Crippen LogP contribution < -0.4 is 4.74 Å². The first-order valence-corrected chi connectivity index (χ1v) is 13.8. The number of carboxylic acids is 1. The van der Waals surface area contributed by atoms with E-state index in [4.69, 9.17) is 9.47 Å². The monoisotopic (exact) mass is 511 g/mol. The average Bonchev–Trinajstić information content (AvgIpc) is 3.21. The first-order chi connectivity index (χ1) is 17.1. The fraction of sp³-hybridized carbons (Fsp3) is 0.517. The third-order valence-corrected chi connectivity index (χ3v) is 8.26. The van der Waals surface area contributed by atoms with Crippen LogP contribution in [0, 0.1) is 25.7 Å². The number of nitrogens with zero attached hydrogens (tertiary/aromatic N) is 1. The van der Waals surface area contributed by atoms with Crippen LogP contribution in [0.4, 0.5) is 0 Å². The normalized spacial score (nSPS) is 20.8. The van der Waals surface area contributed by atoms with Gasteiger partial charge in [-0.2, -0.15) is 0 Å². The molecule has 2 heterocycles. The molecule has 0 unspecified atom stereocenters. The predicted molar refractivity (Wildman–Crippen MR) is 142 cm³/mol. The van der Waals surface area contributed by atoms with E-state index in [2.05, 4.69) is 17.0 Å². The minimum atomic E-state index is -1.29. The molecule has 36 heavy (non-hydrogen) atoms. The number of thioether (sulfide) groups is 1. The summed E-state index contributed by atoms with van der Waals surface area (Å²) in [6.45, 7) is 10.3. The summed E-state index contributed by atoms with van der Waals surface area (Å²) >= 11 is 1.68. The van der Waals surface area contributed by atoms with Gasteiger partial charge in [0.05, 0.1) is 19.3 Å². The number of carbonyl (C=O) groups is 2. The van der Waals surface area contributed by atoms with E-state index in [0.29, 0.717) is 11.8 Å². The predicted octanol–water partition coefficient (Wildman–Crippen LogP) is 5.03. The number of ether oxygens (including phenoxy) is 2. The first kappa shape index (κ1) is 26.7. The second-order valence-corrected chi connectivity index (χ2v) is 11.5. The Morgan fingerprint density at radius 3 is 2.28 bits per heavy atom. The van der Waals surface area contributed by atoms with Crippen LogP contribution in [0.15, 0.2) is 41.3 Å². The summed E-state index contributed by atoms with van der Waals surface area (Å²) in [5.74, 6) is 0.131. The van der Waals surface area contributed by atoms with Crippen molar-refractivity contribution in [2.75, 3.05) is 32.6 Å². The maximum absolute atomic E-state index is 13.6. The maximum Gasteiger partial charge on any atom is 0.347 e. The Labute approximate surface area is 218 Å². The molecule has 2 aliphatic rings. The number of hydrogen-bond donors (Lipinski definition) is 1. The molecule has 4 rings (SSSR count). The molecule has 0 spiro atoms. The lowest BCUT2D eigenvalue weighted by Gasteiger charge is -2.34. The minimum Gasteiger partial charge on any atom is -0.478 e. The van der Waals surface area contributed by atoms with Crippen LogP contribution >= 0.6 is 11.8 Å². The Morgan fingerprint density at radius 1 is 1.11 bits per heavy atom. The zero-order valence-corrected chi connectivity index (χ0v) is 22.7. The van der Waals surface area contributed by atoms with Gasteiger partial charge in [0.2, 0.25) is 0 Å². The third-order valence-electron chi connectivity index (χ3n) is 7.51. The Hall–Kier alpha value is -2.35. The first-order valence-electron chi connectivity index (χ1n) is 12.6. The molecule has 7 heteroatoms. The number of rotatable bonds is 10. The van der Waals surface area contributed by atoms with Crippen molar-refractivity contribution in [1.29, 1.82) is 0 Å². The summed E-state index contributed by atoms with van der Waals surface area (Å²) in [5.41, 5.74) is 2.55. The van der Waals surface area contributed by atoms with Crippen LogP contribution in [0.3, 0.4) is 0 Å². The van der Waals surface area contributed by atoms with Crippen molar-refractivity contribution in [2.45, 2.75) is 57.1 Å². The molecule has 0 aromatic heterocycles. The molecule has 0 bridgehead atoms. The highest BCUT2D eigenvalue weighted by atomic mass is 32.2. The fourth-order valence-corrected chi connectivity index (χ4v) is 5.60. The lowest BCUT2D eigenvalue weighted by molar-refractivity contribution is -0.152. The van der Waals surface area contributed by atoms with E-state index < -0.39 is 11.6 Å². The zero-order chi connectivity index (χ0) is 26.0. The van der Waals surface area contributed by atoms with Crippen LogP contribution in [-0.2, 0) is 16.0 Å². The zero-order valence-electron chi connectivity index (χ0n) is 21.9. The van der Waals surface area contributed by atoms with Crippen molar-refractivity contribution in [3.05, 3.63) is 58.7 Å². The van der Waals surface area contributed by atoms with Gasteiger partial charge >= 0.3 is 5.97 Å². The quantitative estimate of drug-likeness (QED) is 0.354. The summed E-state index contributed by atoms with van der Waals surface area (Å²) in [4.78, 5) is 28.7. The molecule has 2 aromatic carbocycles. The average molecular weight is 512 g/mol. The van der Waals surface area contributed by atoms with E-state index in [9.17, 15) is 14.7 Å². The highest BCUT2D eigenvalue weighted by Gasteiger charge is 2.41. The molecule has 2 fully saturated rings. The summed E-state index contributed by atoms with van der Waals surface area (Å²) in [7, 11) is 0. The summed E-state index contributed by atoms with van der Waals surface area (Å²) in [6, 6.07) is 12.6. The van der Waals surface area contributed by atoms with Gasteiger partial charge in [-0.05, 0) is 81.5 Å². The molecular weight excluding hydrogens is 474 g/mol. The summed E-state index contributed by atoms with van der Waals surface area (Å²) in [6.07, 6.45) is 3.82. The smallest absolute Gasteiger partial charge is 0.347 e. The van der Waals surface area contributed by atoms with Gasteiger partial charge in [-0.15, -0.1) is 11.8 Å². The standard InChI is InChI=1S/C29H37NO5S/c1-18-12-20(13-19(2)27(18)35-29(3,4)28(32)33)6-7-22-14-30(23-16-34-17-23)15-25(22)26(31)21-8-10-24(36-5)11-9-21/h8-13,22-23,25H,6-7,14-17H2,1-5H3,(H,32,33)/t22-,25-/m1/s1. The van der Waals surface area contributed by atoms with Gasteiger partial charge < -0.3 is 14.6 Å². The molecule has 0 radical (unpaired) electrons. The lowest BCUT2D eigenvalue weighted by atomic mass is 9.84. The second kappa shape index (κ2) is 11.0. The van der Waals surface area contributed by atoms with E-state index in [1.54, 1.807) is 25.6 Å². The number of benzene rings is 2. The molecule has 2 saturated heterocycles. The molecule has 1 N–H and O–H groups in total. The van der Waals surface area contributed by atoms with Crippen LogP contribution in [0.5, 0.6) is 5.75 Å². The van der Waals surface area contributed by atoms with Crippen LogP contribution in [0.25, 0.3) is 0 Å². The number of ketones is 1. The number of Topliss-reactive ketones (excluding diaryl/α,β-unsaturated/α-hetero) is 1. The van der Waals surface area contributed by atoms with Gasteiger partial charge in [0.1, 0.15) is 5.75 Å². The van der Waals surface area contributed by atoms with Crippen LogP contribution in [-0.4, -0.2) is 66.0 Å². The van der Waals surface area contributed by atoms with E-state index >= 15 is 0 Å². The molecule has 0 saturated carbocycles. The molecule has 2 aromatic rings. The summed E-state index contributed by atoms with van der Waals surface area (Å²) in [5, 5.41) is 9.44. The SMILES string of the molecule is CSc1ccc(C(=O)[C@@H]2CN(C3COC3)C[C@H]2CCc2cc(C)c(OC(C)(C)C(=O)O)c(C)c2)cc1. The number of likely N-dealkylation sites (tertiary alicyclic amines) is 1. The van der Waals surface area contributed by atoms with E-state index in [0.717, 1.165) is 60.7 Å². The number of carboxylic acid groups (broad SMARTS) is 1. The summed E-state index contributed by atoms with van der Waals surface area (Å²) < 4.78 is 11.3. The van der Waals surface area contributed by atoms with E-state index in [-0.39, 0.29) is 17.6 Å². The molecule has 6 nitrogen and oxygen atoms in total. The van der Waals surface area contributed by atoms with Gasteiger partial charge in [-0.1, -0.05) is 24.3 Å². The van der Waals surface area contributed by atoms with E-state index in [1.165, 1.54) is 5.56 Å². The van der Waals surface area contributed by atoms with Crippen LogP contribution in [0.2, 0.25) is 0 Å². The Morgan fingerprint density at radius 2 is 1.75 bits per heavy atom. The van der Waals surface area contributed by atoms with Gasteiger partial charge in [-0.3, -0.25) is 9.69 Å². The second-order valence-electron chi connectivity index (χ2n) is 10.6. The molecule has 194 valence electrons. The third kappa shape index (κ3) is 5.79. The van der Waals surface area contributed by atoms with Crippen molar-refractivity contribution in [3.8, 4) is 5.75 Å². The number of carbonyl (C=O) groups excluding carboxylic acids is 1. The topological polar surface area (TPSA) is 76.1 Å². The van der Waals surface area contributed by atoms with Crippen LogP contribution in [0.1, 0.15) is 47.3 Å². The molecule has 2 atom stereocenters. The number of aryl methyl sites for hydroxylation is 3. The Balaban J connectivity index is 1.48.